The van der Waals surface area contributed by atoms with Crippen LogP contribution in [0.4, 0.5) is 0 Å². The molecular weight excluding hydrogens is 316 g/mol. The molecule has 0 radical (unpaired) electrons. The highest BCUT2D eigenvalue weighted by Gasteiger charge is 2.39. The molecule has 3 atom stereocenters. The van der Waals surface area contributed by atoms with Crippen LogP contribution >= 0.6 is 11.6 Å². The van der Waals surface area contributed by atoms with Crippen molar-refractivity contribution < 1.29 is 0 Å². The molecule has 2 nitrogen and oxygen atoms in total. The molecule has 1 saturated heterocycles. The van der Waals surface area contributed by atoms with E-state index in [2.05, 4.69) is 49.5 Å². The monoisotopic (exact) mass is 350 g/mol. The van der Waals surface area contributed by atoms with Gasteiger partial charge >= 0.3 is 0 Å². The largest absolute Gasteiger partial charge is 0.301 e. The van der Waals surface area contributed by atoms with Gasteiger partial charge in [0.25, 0.3) is 0 Å². The van der Waals surface area contributed by atoms with Crippen LogP contribution in [0.1, 0.15) is 33.1 Å². The first-order chi connectivity index (χ1) is 11.4. The van der Waals surface area contributed by atoms with Gasteiger partial charge in [-0.2, -0.15) is 0 Å². The van der Waals surface area contributed by atoms with E-state index in [1.165, 1.54) is 44.7 Å². The van der Waals surface area contributed by atoms with E-state index in [1.54, 1.807) is 0 Å². The Balaban J connectivity index is 1.93. The lowest BCUT2D eigenvalue weighted by atomic mass is 9.61. The van der Waals surface area contributed by atoms with E-state index in [9.17, 15) is 0 Å². The lowest BCUT2D eigenvalue weighted by Crippen LogP contribution is -2.47. The minimum absolute atomic E-state index is 0.134. The van der Waals surface area contributed by atoms with Crippen molar-refractivity contribution >= 4 is 11.6 Å². The van der Waals surface area contributed by atoms with Crippen LogP contribution in [0.2, 0.25) is 0 Å². The van der Waals surface area contributed by atoms with Crippen molar-refractivity contribution in [1.29, 1.82) is 0 Å². The molecule has 0 aromatic carbocycles. The summed E-state index contributed by atoms with van der Waals surface area (Å²) in [4.78, 5) is 5.09. The molecule has 0 unspecified atom stereocenters. The average molecular weight is 351 g/mol. The highest BCUT2D eigenvalue weighted by Crippen LogP contribution is 2.49. The van der Waals surface area contributed by atoms with Crippen LogP contribution in [0, 0.1) is 17.3 Å². The topological polar surface area (TPSA) is 6.48 Å². The molecule has 0 aromatic heterocycles. The van der Waals surface area contributed by atoms with Gasteiger partial charge in [0.05, 0.1) is 0 Å². The van der Waals surface area contributed by atoms with E-state index in [0.717, 1.165) is 25.0 Å². The molecule has 24 heavy (non-hydrogen) atoms. The fourth-order valence-corrected chi connectivity index (χ4v) is 4.54. The van der Waals surface area contributed by atoms with Crippen molar-refractivity contribution in [2.24, 2.45) is 17.3 Å². The van der Waals surface area contributed by atoms with Crippen LogP contribution in [-0.2, 0) is 0 Å². The van der Waals surface area contributed by atoms with Crippen molar-refractivity contribution in [3.63, 3.8) is 0 Å². The normalized spacial score (nSPS) is 32.5. The van der Waals surface area contributed by atoms with Crippen molar-refractivity contribution in [3.8, 4) is 0 Å². The zero-order chi connectivity index (χ0) is 17.7. The quantitative estimate of drug-likeness (QED) is 0.489. The zero-order valence-corrected chi connectivity index (χ0v) is 16.5. The van der Waals surface area contributed by atoms with E-state index in [-0.39, 0.29) is 5.41 Å². The summed E-state index contributed by atoms with van der Waals surface area (Å²) in [6.45, 7) is 24.3. The molecule has 0 bridgehead atoms. The summed E-state index contributed by atoms with van der Waals surface area (Å²) in [5.74, 6) is 1.57. The highest BCUT2D eigenvalue weighted by atomic mass is 35.5. The third-order valence-corrected chi connectivity index (χ3v) is 6.74. The number of halogens is 1. The standard InChI is InChI=1S/C21H35ClN2/c1-6-21(5)9-8-19(14-20(21)17(3)15-22)18(4)16-24-12-10-23(7-2)11-13-24/h6,19-20H,1,3-4,7-16H2,2,5H3/t19-,20+,21-/m1/s1. The van der Waals surface area contributed by atoms with Gasteiger partial charge in [0, 0.05) is 38.6 Å². The molecule has 0 aromatic rings. The number of hydrogen-bond acceptors (Lipinski definition) is 2. The Morgan fingerprint density at radius 2 is 1.79 bits per heavy atom. The SMILES string of the molecule is C=C[C@]1(C)CC[C@@H](C(=C)CN2CCN(CC)CC2)C[C@H]1C(=C)CCl. The average Bonchev–Trinajstić information content (AvgIpc) is 2.62. The minimum atomic E-state index is 0.134. The van der Waals surface area contributed by atoms with Crippen LogP contribution < -0.4 is 0 Å². The van der Waals surface area contributed by atoms with E-state index >= 15 is 0 Å². The summed E-state index contributed by atoms with van der Waals surface area (Å²) < 4.78 is 0. The van der Waals surface area contributed by atoms with Gasteiger partial charge in [0.1, 0.15) is 0 Å². The fourth-order valence-electron chi connectivity index (χ4n) is 4.35. The molecule has 0 spiro atoms. The first kappa shape index (κ1) is 19.8. The number of alkyl halides is 1. The predicted molar refractivity (Wildman–Crippen MR) is 107 cm³/mol. The fraction of sp³-hybridized carbons (Fsp3) is 0.714. The molecule has 136 valence electrons. The molecular formula is C21H35ClN2. The van der Waals surface area contributed by atoms with Crippen LogP contribution in [0.15, 0.2) is 37.0 Å². The van der Waals surface area contributed by atoms with Crippen molar-refractivity contribution in [1.82, 2.24) is 9.80 Å². The minimum Gasteiger partial charge on any atom is -0.301 e. The number of rotatable bonds is 7. The van der Waals surface area contributed by atoms with E-state index < -0.39 is 0 Å². The van der Waals surface area contributed by atoms with E-state index in [4.69, 9.17) is 11.6 Å². The molecule has 1 aliphatic carbocycles. The summed E-state index contributed by atoms with van der Waals surface area (Å²) in [7, 11) is 0. The maximum Gasteiger partial charge on any atom is 0.0433 e. The number of allylic oxidation sites excluding steroid dienone is 2. The van der Waals surface area contributed by atoms with Crippen LogP contribution in [0.3, 0.4) is 0 Å². The van der Waals surface area contributed by atoms with Gasteiger partial charge in [-0.05, 0) is 43.1 Å². The van der Waals surface area contributed by atoms with Crippen molar-refractivity contribution in [3.05, 3.63) is 37.0 Å². The molecule has 0 amide bonds. The second-order valence-corrected chi connectivity index (χ2v) is 8.16. The lowest BCUT2D eigenvalue weighted by Gasteiger charge is -2.45. The third-order valence-electron chi connectivity index (χ3n) is 6.39. The van der Waals surface area contributed by atoms with Crippen LogP contribution in [-0.4, -0.2) is 54.9 Å². The van der Waals surface area contributed by atoms with E-state index in [0.29, 0.717) is 17.7 Å². The maximum atomic E-state index is 6.11. The van der Waals surface area contributed by atoms with Gasteiger partial charge in [-0.3, -0.25) is 4.90 Å². The predicted octanol–water partition coefficient (Wildman–Crippen LogP) is 4.58. The maximum absolute atomic E-state index is 6.11. The molecule has 1 aliphatic heterocycles. The Kier molecular flexibility index (Phi) is 7.15. The zero-order valence-electron chi connectivity index (χ0n) is 15.7. The van der Waals surface area contributed by atoms with Crippen molar-refractivity contribution in [2.45, 2.75) is 33.1 Å². The number of piperazine rings is 1. The molecule has 0 N–H and O–H groups in total. The summed E-state index contributed by atoms with van der Waals surface area (Å²) >= 11 is 6.11. The molecule has 2 fully saturated rings. The Morgan fingerprint density at radius 3 is 2.33 bits per heavy atom. The molecule has 3 heteroatoms. The van der Waals surface area contributed by atoms with Gasteiger partial charge in [-0.15, -0.1) is 18.2 Å². The molecule has 1 saturated carbocycles. The van der Waals surface area contributed by atoms with Crippen molar-refractivity contribution in [2.75, 3.05) is 45.1 Å². The Labute approximate surface area is 154 Å². The Bertz CT molecular complexity index is 464. The Hall–Kier alpha value is -0.570. The molecule has 2 aliphatic rings. The molecule has 2 rings (SSSR count). The van der Waals surface area contributed by atoms with Gasteiger partial charge < -0.3 is 4.90 Å². The van der Waals surface area contributed by atoms with E-state index in [1.807, 2.05) is 0 Å². The van der Waals surface area contributed by atoms with Crippen LogP contribution in [0.5, 0.6) is 0 Å². The summed E-state index contributed by atoms with van der Waals surface area (Å²) in [5.41, 5.74) is 2.70. The number of likely N-dealkylation sites (N-methyl/N-ethyl adjacent to an activating group) is 1. The first-order valence-electron chi connectivity index (χ1n) is 9.43. The van der Waals surface area contributed by atoms with Crippen LogP contribution in [0.25, 0.3) is 0 Å². The second kappa shape index (κ2) is 8.69. The number of nitrogens with zero attached hydrogens (tertiary/aromatic N) is 2. The summed E-state index contributed by atoms with van der Waals surface area (Å²) in [6.07, 6.45) is 5.62. The first-order valence-corrected chi connectivity index (χ1v) is 9.96. The van der Waals surface area contributed by atoms with Gasteiger partial charge in [0.2, 0.25) is 0 Å². The number of hydrogen-bond donors (Lipinski definition) is 0. The smallest absolute Gasteiger partial charge is 0.0433 e. The van der Waals surface area contributed by atoms with Gasteiger partial charge in [0.15, 0.2) is 0 Å². The Morgan fingerprint density at radius 1 is 1.17 bits per heavy atom. The summed E-state index contributed by atoms with van der Waals surface area (Å²) in [6, 6.07) is 0. The second-order valence-electron chi connectivity index (χ2n) is 7.89. The summed E-state index contributed by atoms with van der Waals surface area (Å²) in [5, 5.41) is 0. The van der Waals surface area contributed by atoms with Gasteiger partial charge in [-0.1, -0.05) is 44.2 Å². The molecule has 1 heterocycles. The lowest BCUT2D eigenvalue weighted by molar-refractivity contribution is 0.133. The third kappa shape index (κ3) is 4.53. The highest BCUT2D eigenvalue weighted by molar-refractivity contribution is 6.19. The van der Waals surface area contributed by atoms with Gasteiger partial charge in [-0.25, -0.2) is 0 Å².